The standard InChI is InChI=1S/C23H21N3O3S2/c1-15-6-12-18(13-7-15)31(28,29)26-21(17-10-8-16(14-24)9-11-17)22(27)23-25-19-4-2-3-5-20(19)30-23/h2-13,21,26H,14,24H2,1H3. The molecule has 0 bridgehead atoms. The maximum atomic E-state index is 13.4. The van der Waals surface area contributed by atoms with Gasteiger partial charge in [0.15, 0.2) is 5.01 Å². The first-order valence-electron chi connectivity index (χ1n) is 9.65. The SMILES string of the molecule is Cc1ccc(S(=O)(=O)NC(C(=O)c2nc3ccccc3s2)c2ccc(CN)cc2)cc1. The number of nitrogens with two attached hydrogens (primary N) is 1. The lowest BCUT2D eigenvalue weighted by molar-refractivity contribution is 0.0953. The zero-order chi connectivity index (χ0) is 22.0. The molecule has 3 aromatic carbocycles. The maximum Gasteiger partial charge on any atom is 0.241 e. The predicted molar refractivity (Wildman–Crippen MR) is 123 cm³/mol. The Kier molecular flexibility index (Phi) is 5.97. The van der Waals surface area contributed by atoms with Crippen LogP contribution in [0.2, 0.25) is 0 Å². The number of aryl methyl sites for hydroxylation is 1. The second-order valence-electron chi connectivity index (χ2n) is 7.16. The number of carbonyl (C=O) groups excluding carboxylic acids is 1. The van der Waals surface area contributed by atoms with E-state index in [2.05, 4.69) is 9.71 Å². The van der Waals surface area contributed by atoms with Gasteiger partial charge in [0.25, 0.3) is 0 Å². The Morgan fingerprint density at radius 1 is 1.03 bits per heavy atom. The van der Waals surface area contributed by atoms with E-state index in [4.69, 9.17) is 5.73 Å². The van der Waals surface area contributed by atoms with Gasteiger partial charge in [-0.3, -0.25) is 4.79 Å². The van der Waals surface area contributed by atoms with Gasteiger partial charge in [0.2, 0.25) is 15.8 Å². The molecule has 4 rings (SSSR count). The summed E-state index contributed by atoms with van der Waals surface area (Å²) < 4.78 is 29.6. The second-order valence-corrected chi connectivity index (χ2v) is 9.91. The lowest BCUT2D eigenvalue weighted by Crippen LogP contribution is -2.34. The molecule has 6 nitrogen and oxygen atoms in total. The summed E-state index contributed by atoms with van der Waals surface area (Å²) in [4.78, 5) is 17.9. The van der Waals surface area contributed by atoms with Crippen LogP contribution in [-0.2, 0) is 16.6 Å². The number of aromatic nitrogens is 1. The van der Waals surface area contributed by atoms with Gasteiger partial charge in [0, 0.05) is 6.54 Å². The number of benzene rings is 3. The molecule has 0 aliphatic carbocycles. The number of hydrogen-bond donors (Lipinski definition) is 2. The molecule has 4 aromatic rings. The van der Waals surface area contributed by atoms with Crippen molar-refractivity contribution in [2.45, 2.75) is 24.4 Å². The Morgan fingerprint density at radius 3 is 2.35 bits per heavy atom. The first kappa shape index (κ1) is 21.3. The van der Waals surface area contributed by atoms with Crippen molar-refractivity contribution < 1.29 is 13.2 Å². The van der Waals surface area contributed by atoms with Gasteiger partial charge in [-0.2, -0.15) is 4.72 Å². The number of thiazole rings is 1. The van der Waals surface area contributed by atoms with Crippen molar-refractivity contribution in [1.29, 1.82) is 0 Å². The van der Waals surface area contributed by atoms with Crippen LogP contribution in [0.5, 0.6) is 0 Å². The Morgan fingerprint density at radius 2 is 1.71 bits per heavy atom. The molecule has 0 saturated carbocycles. The van der Waals surface area contributed by atoms with Crippen LogP contribution in [0.15, 0.2) is 77.7 Å². The van der Waals surface area contributed by atoms with Crippen molar-refractivity contribution in [1.82, 2.24) is 9.71 Å². The third kappa shape index (κ3) is 4.57. The van der Waals surface area contributed by atoms with Crippen LogP contribution < -0.4 is 10.5 Å². The summed E-state index contributed by atoms with van der Waals surface area (Å²) in [6.45, 7) is 2.23. The summed E-state index contributed by atoms with van der Waals surface area (Å²) in [5.74, 6) is -0.405. The van der Waals surface area contributed by atoms with Crippen LogP contribution in [0.25, 0.3) is 10.2 Å². The van der Waals surface area contributed by atoms with Crippen LogP contribution in [0, 0.1) is 6.92 Å². The van der Waals surface area contributed by atoms with Crippen molar-refractivity contribution >= 4 is 37.4 Å². The summed E-state index contributed by atoms with van der Waals surface area (Å²) in [5.41, 5.74) is 8.73. The molecule has 0 spiro atoms. The van der Waals surface area contributed by atoms with Crippen LogP contribution in [0.4, 0.5) is 0 Å². The van der Waals surface area contributed by atoms with Gasteiger partial charge in [-0.1, -0.05) is 54.1 Å². The van der Waals surface area contributed by atoms with E-state index in [9.17, 15) is 13.2 Å². The minimum absolute atomic E-state index is 0.0961. The number of Topliss-reactive ketones (excluding diaryl/α,β-unsaturated/α-hetero) is 1. The molecule has 31 heavy (non-hydrogen) atoms. The Labute approximate surface area is 184 Å². The number of para-hydroxylation sites is 1. The van der Waals surface area contributed by atoms with Gasteiger partial charge in [0.05, 0.1) is 15.1 Å². The average molecular weight is 452 g/mol. The Hall–Kier alpha value is -2.91. The number of nitrogens with zero attached hydrogens (tertiary/aromatic N) is 1. The highest BCUT2D eigenvalue weighted by Crippen LogP contribution is 2.28. The molecule has 3 N–H and O–H groups in total. The van der Waals surface area contributed by atoms with Gasteiger partial charge >= 0.3 is 0 Å². The predicted octanol–water partition coefficient (Wildman–Crippen LogP) is 3.97. The van der Waals surface area contributed by atoms with Crippen molar-refractivity contribution in [2.24, 2.45) is 5.73 Å². The van der Waals surface area contributed by atoms with Crippen LogP contribution in [0.1, 0.15) is 32.5 Å². The van der Waals surface area contributed by atoms with Gasteiger partial charge in [-0.25, -0.2) is 13.4 Å². The summed E-state index contributed by atoms with van der Waals surface area (Å²) in [7, 11) is -3.94. The number of carbonyl (C=O) groups is 1. The van der Waals surface area contributed by atoms with Gasteiger partial charge in [-0.15, -0.1) is 11.3 Å². The quantitative estimate of drug-likeness (QED) is 0.414. The van der Waals surface area contributed by atoms with Crippen LogP contribution in [-0.4, -0.2) is 19.2 Å². The highest BCUT2D eigenvalue weighted by atomic mass is 32.2. The van der Waals surface area contributed by atoms with E-state index < -0.39 is 21.8 Å². The van der Waals surface area contributed by atoms with E-state index in [1.807, 2.05) is 31.2 Å². The minimum Gasteiger partial charge on any atom is -0.326 e. The molecule has 8 heteroatoms. The fourth-order valence-corrected chi connectivity index (χ4v) is 5.28. The minimum atomic E-state index is -3.94. The molecular formula is C23H21N3O3S2. The fourth-order valence-electron chi connectivity index (χ4n) is 3.16. The summed E-state index contributed by atoms with van der Waals surface area (Å²) in [6.07, 6.45) is 0. The molecule has 0 radical (unpaired) electrons. The molecule has 0 amide bonds. The van der Waals surface area contributed by atoms with Crippen LogP contribution in [0.3, 0.4) is 0 Å². The average Bonchev–Trinajstić information content (AvgIpc) is 3.22. The van der Waals surface area contributed by atoms with Crippen molar-refractivity contribution in [2.75, 3.05) is 0 Å². The maximum absolute atomic E-state index is 13.4. The number of sulfonamides is 1. The van der Waals surface area contributed by atoms with E-state index >= 15 is 0 Å². The van der Waals surface area contributed by atoms with Crippen molar-refractivity contribution in [3.05, 3.63) is 94.5 Å². The van der Waals surface area contributed by atoms with E-state index in [1.165, 1.54) is 23.5 Å². The van der Waals surface area contributed by atoms with E-state index in [1.54, 1.807) is 36.4 Å². The summed E-state index contributed by atoms with van der Waals surface area (Å²) in [5, 5.41) is 0.251. The zero-order valence-corrected chi connectivity index (χ0v) is 18.4. The molecule has 0 aliphatic rings. The number of fused-ring (bicyclic) bond motifs is 1. The van der Waals surface area contributed by atoms with Gasteiger partial charge < -0.3 is 5.73 Å². The molecule has 0 fully saturated rings. The summed E-state index contributed by atoms with van der Waals surface area (Å²) in [6, 6.07) is 19.8. The Balaban J connectivity index is 1.74. The second kappa shape index (κ2) is 8.68. The summed E-state index contributed by atoms with van der Waals surface area (Å²) >= 11 is 1.24. The largest absolute Gasteiger partial charge is 0.326 e. The third-order valence-corrected chi connectivity index (χ3v) is 7.41. The number of hydrogen-bond acceptors (Lipinski definition) is 6. The Bertz CT molecular complexity index is 1300. The topological polar surface area (TPSA) is 102 Å². The normalized spacial score (nSPS) is 12.7. The monoisotopic (exact) mass is 451 g/mol. The third-order valence-electron chi connectivity index (χ3n) is 4.92. The van der Waals surface area contributed by atoms with Gasteiger partial charge in [-0.05, 0) is 42.3 Å². The molecule has 0 aliphatic heterocycles. The molecular weight excluding hydrogens is 430 g/mol. The molecule has 0 saturated heterocycles. The fraction of sp³-hybridized carbons (Fsp3) is 0.130. The van der Waals surface area contributed by atoms with Crippen molar-refractivity contribution in [3.8, 4) is 0 Å². The van der Waals surface area contributed by atoms with E-state index in [-0.39, 0.29) is 9.90 Å². The highest BCUT2D eigenvalue weighted by Gasteiger charge is 2.30. The lowest BCUT2D eigenvalue weighted by atomic mass is 10.0. The molecule has 1 heterocycles. The first-order chi connectivity index (χ1) is 14.9. The zero-order valence-electron chi connectivity index (χ0n) is 16.8. The molecule has 1 atom stereocenters. The van der Waals surface area contributed by atoms with Crippen molar-refractivity contribution in [3.63, 3.8) is 0 Å². The number of ketones is 1. The first-order valence-corrected chi connectivity index (χ1v) is 11.9. The van der Waals surface area contributed by atoms with E-state index in [0.29, 0.717) is 17.6 Å². The van der Waals surface area contributed by atoms with Crippen LogP contribution >= 0.6 is 11.3 Å². The number of nitrogens with one attached hydrogen (secondary N) is 1. The number of rotatable bonds is 7. The molecule has 158 valence electrons. The van der Waals surface area contributed by atoms with Gasteiger partial charge in [0.1, 0.15) is 6.04 Å². The molecule has 1 unspecified atom stereocenters. The lowest BCUT2D eigenvalue weighted by Gasteiger charge is -2.18. The highest BCUT2D eigenvalue weighted by molar-refractivity contribution is 7.89. The van der Waals surface area contributed by atoms with E-state index in [0.717, 1.165) is 15.8 Å². The smallest absolute Gasteiger partial charge is 0.241 e. The molecule has 1 aromatic heterocycles.